The second kappa shape index (κ2) is 6.04. The van der Waals surface area contributed by atoms with Crippen molar-refractivity contribution >= 4 is 22.5 Å². The molecular formula is C21H24N6O. The molecule has 1 aromatic carbocycles. The monoisotopic (exact) mass is 376 g/mol. The number of aromatic nitrogens is 3. The molecule has 7 nitrogen and oxygen atoms in total. The van der Waals surface area contributed by atoms with Gasteiger partial charge < -0.3 is 20.2 Å². The van der Waals surface area contributed by atoms with Crippen molar-refractivity contribution < 1.29 is 4.79 Å². The quantitative estimate of drug-likeness (QED) is 0.668. The molecule has 7 heteroatoms. The molecule has 144 valence electrons. The highest BCUT2D eigenvalue weighted by molar-refractivity contribution is 6.02. The van der Waals surface area contributed by atoms with E-state index < -0.39 is 5.54 Å². The van der Waals surface area contributed by atoms with Crippen molar-refractivity contribution in [2.75, 3.05) is 13.1 Å². The number of aliphatic imine (C=N–C) groups is 1. The van der Waals surface area contributed by atoms with Crippen molar-refractivity contribution in [2.24, 2.45) is 10.7 Å². The smallest absolute Gasteiger partial charge is 0.255 e. The lowest BCUT2D eigenvalue weighted by Crippen LogP contribution is -2.20. The number of benzene rings is 1. The number of amides is 1. The maximum absolute atomic E-state index is 12.4. The van der Waals surface area contributed by atoms with Gasteiger partial charge in [0.2, 0.25) is 0 Å². The summed E-state index contributed by atoms with van der Waals surface area (Å²) < 4.78 is 2.15. The molecule has 1 fully saturated rings. The summed E-state index contributed by atoms with van der Waals surface area (Å²) in [5.74, 6) is 1.03. The fourth-order valence-corrected chi connectivity index (χ4v) is 4.38. The third kappa shape index (κ3) is 2.43. The Kier molecular flexibility index (Phi) is 3.71. The second-order valence-electron chi connectivity index (χ2n) is 7.87. The number of hydrogen-bond donors (Lipinski definition) is 2. The maximum atomic E-state index is 12.4. The molecule has 0 aliphatic carbocycles. The number of fused-ring (bicyclic) bond motifs is 2. The lowest BCUT2D eigenvalue weighted by molar-refractivity contribution is -0.114. The minimum Gasteiger partial charge on any atom is -0.361 e. The number of nitrogens with two attached hydrogens (primary N) is 1. The van der Waals surface area contributed by atoms with Crippen LogP contribution in [0.4, 0.5) is 0 Å². The van der Waals surface area contributed by atoms with Gasteiger partial charge in [0, 0.05) is 48.5 Å². The molecule has 2 aliphatic heterocycles. The predicted molar refractivity (Wildman–Crippen MR) is 108 cm³/mol. The average Bonchev–Trinajstić information content (AvgIpc) is 3.06. The van der Waals surface area contributed by atoms with Crippen molar-refractivity contribution in [2.45, 2.75) is 38.4 Å². The minimum atomic E-state index is -0.650. The molecule has 1 unspecified atom stereocenters. The zero-order valence-electron chi connectivity index (χ0n) is 16.1. The van der Waals surface area contributed by atoms with E-state index in [2.05, 4.69) is 40.9 Å². The van der Waals surface area contributed by atoms with Crippen LogP contribution in [0.15, 0.2) is 41.7 Å². The van der Waals surface area contributed by atoms with E-state index in [1.54, 1.807) is 4.90 Å². The van der Waals surface area contributed by atoms with Gasteiger partial charge in [-0.25, -0.2) is 4.98 Å². The summed E-state index contributed by atoms with van der Waals surface area (Å²) in [6, 6.07) is 8.25. The Bertz CT molecular complexity index is 1110. The molecule has 5 rings (SSSR count). The van der Waals surface area contributed by atoms with Gasteiger partial charge in [0.25, 0.3) is 5.91 Å². The molecule has 2 atom stereocenters. The van der Waals surface area contributed by atoms with Gasteiger partial charge in [-0.15, -0.1) is 0 Å². The van der Waals surface area contributed by atoms with Crippen molar-refractivity contribution in [3.8, 4) is 0 Å². The molecule has 1 amide bonds. The SMILES string of the molecule is CC1=N[C@H](Cc2c[nH]c3ccccc23)c2nc(C3(C)C(=O)N3CCN)cn2C1. The number of aromatic amines is 1. The Morgan fingerprint density at radius 2 is 2.18 bits per heavy atom. The Morgan fingerprint density at radius 3 is 3.00 bits per heavy atom. The number of carbonyl (C=O) groups excluding carboxylic acids is 1. The van der Waals surface area contributed by atoms with Gasteiger partial charge in [-0.1, -0.05) is 18.2 Å². The summed E-state index contributed by atoms with van der Waals surface area (Å²) in [5, 5.41) is 1.22. The third-order valence-corrected chi connectivity index (χ3v) is 5.97. The van der Waals surface area contributed by atoms with E-state index in [1.165, 1.54) is 10.9 Å². The van der Waals surface area contributed by atoms with Crippen molar-refractivity contribution in [3.05, 3.63) is 53.7 Å². The molecule has 3 N–H and O–H groups in total. The highest BCUT2D eigenvalue weighted by Crippen LogP contribution is 2.43. The van der Waals surface area contributed by atoms with Crippen LogP contribution in [0.25, 0.3) is 10.9 Å². The van der Waals surface area contributed by atoms with Crippen LogP contribution in [0, 0.1) is 0 Å². The van der Waals surface area contributed by atoms with Crippen LogP contribution < -0.4 is 5.73 Å². The number of imidazole rings is 1. The largest absolute Gasteiger partial charge is 0.361 e. The molecule has 2 aromatic heterocycles. The van der Waals surface area contributed by atoms with Crippen molar-refractivity contribution in [1.29, 1.82) is 0 Å². The average molecular weight is 376 g/mol. The number of carbonyl (C=O) groups is 1. The van der Waals surface area contributed by atoms with Gasteiger partial charge in [-0.3, -0.25) is 9.79 Å². The van der Waals surface area contributed by atoms with Crippen LogP contribution in [0.1, 0.15) is 37.0 Å². The summed E-state index contributed by atoms with van der Waals surface area (Å²) in [6.45, 7) is 5.72. The molecule has 28 heavy (non-hydrogen) atoms. The Hall–Kier alpha value is -2.93. The van der Waals surface area contributed by atoms with Crippen LogP contribution in [-0.2, 0) is 23.3 Å². The molecule has 2 aliphatic rings. The van der Waals surface area contributed by atoms with Crippen molar-refractivity contribution in [1.82, 2.24) is 19.4 Å². The van der Waals surface area contributed by atoms with Gasteiger partial charge in [0.05, 0.1) is 12.2 Å². The highest BCUT2D eigenvalue weighted by Gasteiger charge is 2.61. The number of H-pyrrole nitrogens is 1. The fourth-order valence-electron chi connectivity index (χ4n) is 4.38. The Balaban J connectivity index is 1.49. The first-order valence-electron chi connectivity index (χ1n) is 9.70. The number of hydrogen-bond acceptors (Lipinski definition) is 4. The lowest BCUT2D eigenvalue weighted by atomic mass is 10.0. The summed E-state index contributed by atoms with van der Waals surface area (Å²) in [6.07, 6.45) is 4.85. The molecule has 0 bridgehead atoms. The summed E-state index contributed by atoms with van der Waals surface area (Å²) in [7, 11) is 0. The van der Waals surface area contributed by atoms with E-state index in [0.29, 0.717) is 19.6 Å². The summed E-state index contributed by atoms with van der Waals surface area (Å²) in [4.78, 5) is 27.3. The lowest BCUT2D eigenvalue weighted by Gasteiger charge is -2.20. The van der Waals surface area contributed by atoms with Crippen LogP contribution >= 0.6 is 0 Å². The number of nitrogens with zero attached hydrogens (tertiary/aromatic N) is 4. The van der Waals surface area contributed by atoms with E-state index in [4.69, 9.17) is 15.7 Å². The van der Waals surface area contributed by atoms with Crippen molar-refractivity contribution in [3.63, 3.8) is 0 Å². The standard InChI is InChI=1S/C21H24N6O/c1-13-11-26-12-18(21(2)20(28)27(21)8-7-22)25-19(26)17(24-13)9-14-10-23-16-6-4-3-5-15(14)16/h3-6,10,12,17,23H,7-9,11,22H2,1-2H3/t17-,21?,27?/m1/s1. The number of para-hydroxylation sites is 1. The first-order valence-corrected chi connectivity index (χ1v) is 9.70. The van der Waals surface area contributed by atoms with Gasteiger partial charge in [-0.2, -0.15) is 0 Å². The molecule has 0 saturated carbocycles. The Morgan fingerprint density at radius 1 is 1.36 bits per heavy atom. The van der Waals surface area contributed by atoms with Gasteiger partial charge in [0.15, 0.2) is 5.54 Å². The van der Waals surface area contributed by atoms with Crippen LogP contribution in [0.5, 0.6) is 0 Å². The molecule has 1 saturated heterocycles. The molecular weight excluding hydrogens is 352 g/mol. The van der Waals surface area contributed by atoms with Gasteiger partial charge in [-0.05, 0) is 25.5 Å². The van der Waals surface area contributed by atoms with Crippen LogP contribution in [0.3, 0.4) is 0 Å². The zero-order chi connectivity index (χ0) is 19.5. The maximum Gasteiger partial charge on any atom is 0.255 e. The van der Waals surface area contributed by atoms with E-state index in [9.17, 15) is 4.79 Å². The number of nitrogens with one attached hydrogen (secondary N) is 1. The zero-order valence-corrected chi connectivity index (χ0v) is 16.1. The summed E-state index contributed by atoms with van der Waals surface area (Å²) >= 11 is 0. The molecule has 4 heterocycles. The van der Waals surface area contributed by atoms with E-state index >= 15 is 0 Å². The molecule has 0 radical (unpaired) electrons. The third-order valence-electron chi connectivity index (χ3n) is 5.97. The fraction of sp³-hybridized carbons (Fsp3) is 0.381. The van der Waals surface area contributed by atoms with Gasteiger partial charge >= 0.3 is 0 Å². The van der Waals surface area contributed by atoms with Gasteiger partial charge in [0.1, 0.15) is 11.9 Å². The summed E-state index contributed by atoms with van der Waals surface area (Å²) in [5.41, 5.74) is 9.24. The van der Waals surface area contributed by atoms with E-state index in [0.717, 1.165) is 29.2 Å². The topological polar surface area (TPSA) is 92.1 Å². The number of rotatable bonds is 5. The van der Waals surface area contributed by atoms with Crippen LogP contribution in [0.2, 0.25) is 0 Å². The predicted octanol–water partition coefficient (Wildman–Crippen LogP) is 2.14. The highest BCUT2D eigenvalue weighted by atomic mass is 16.2. The van der Waals surface area contributed by atoms with E-state index in [1.807, 2.05) is 19.2 Å². The second-order valence-corrected chi connectivity index (χ2v) is 7.87. The first kappa shape index (κ1) is 17.2. The molecule has 3 aromatic rings. The first-order chi connectivity index (χ1) is 13.5. The van der Waals surface area contributed by atoms with Crippen LogP contribution in [-0.4, -0.2) is 44.1 Å². The Labute approximate surface area is 163 Å². The minimum absolute atomic E-state index is 0.0536. The molecule has 0 spiro atoms. The normalized spacial score (nSPS) is 23.8. The van der Waals surface area contributed by atoms with E-state index in [-0.39, 0.29) is 11.9 Å².